The molecule has 0 radical (unpaired) electrons. The Morgan fingerprint density at radius 1 is 1.25 bits per heavy atom. The summed E-state index contributed by atoms with van der Waals surface area (Å²) < 4.78 is 7.58. The van der Waals surface area contributed by atoms with Gasteiger partial charge in [-0.05, 0) is 49.1 Å². The number of halogens is 1. The molecule has 0 spiro atoms. The van der Waals surface area contributed by atoms with Gasteiger partial charge in [-0.2, -0.15) is 0 Å². The molecule has 1 N–H and O–H groups in total. The van der Waals surface area contributed by atoms with E-state index < -0.39 is 11.4 Å². The van der Waals surface area contributed by atoms with Crippen LogP contribution in [-0.2, 0) is 6.42 Å². The number of aromatic nitrogens is 4. The number of carbonyl (C=O) groups is 1. The summed E-state index contributed by atoms with van der Waals surface area (Å²) in [7, 11) is 0. The summed E-state index contributed by atoms with van der Waals surface area (Å²) in [4.78, 5) is 39.9. The Hall–Kier alpha value is -3.98. The molecule has 0 amide bonds. The minimum Gasteiger partial charge on any atom is -0.477 e. The fourth-order valence-corrected chi connectivity index (χ4v) is 4.87. The zero-order chi connectivity index (χ0) is 25.2. The van der Waals surface area contributed by atoms with Crippen LogP contribution >= 0.6 is 11.6 Å². The molecule has 1 fully saturated rings. The summed E-state index contributed by atoms with van der Waals surface area (Å²) in [6.07, 6.45) is 10.1. The lowest BCUT2D eigenvalue weighted by Gasteiger charge is -2.29. The van der Waals surface area contributed by atoms with Gasteiger partial charge >= 0.3 is 5.97 Å². The molecule has 1 saturated heterocycles. The third-order valence-electron chi connectivity index (χ3n) is 6.44. The highest BCUT2D eigenvalue weighted by Gasteiger charge is 2.28. The molecule has 1 atom stereocenters. The van der Waals surface area contributed by atoms with Crippen molar-refractivity contribution in [2.24, 2.45) is 0 Å². The van der Waals surface area contributed by atoms with Gasteiger partial charge in [-0.1, -0.05) is 18.5 Å². The van der Waals surface area contributed by atoms with Crippen LogP contribution in [0.2, 0.25) is 5.02 Å². The van der Waals surface area contributed by atoms with E-state index in [1.54, 1.807) is 29.0 Å². The molecule has 36 heavy (non-hydrogen) atoms. The van der Waals surface area contributed by atoms with Crippen LogP contribution in [0.3, 0.4) is 0 Å². The zero-order valence-electron chi connectivity index (χ0n) is 19.6. The molecular weight excluding hydrogens is 482 g/mol. The zero-order valence-corrected chi connectivity index (χ0v) is 20.4. The monoisotopic (exact) mass is 505 g/mol. The van der Waals surface area contributed by atoms with Gasteiger partial charge in [0.05, 0.1) is 17.8 Å². The van der Waals surface area contributed by atoms with Crippen LogP contribution in [0.15, 0.2) is 60.0 Å². The number of anilines is 1. The third-order valence-corrected chi connectivity index (χ3v) is 6.72. The highest BCUT2D eigenvalue weighted by molar-refractivity contribution is 6.31. The molecule has 1 aliphatic rings. The predicted molar refractivity (Wildman–Crippen MR) is 137 cm³/mol. The summed E-state index contributed by atoms with van der Waals surface area (Å²) in [5, 5.41) is 10.5. The van der Waals surface area contributed by atoms with Crippen LogP contribution in [-0.4, -0.2) is 49.8 Å². The van der Waals surface area contributed by atoms with Gasteiger partial charge in [-0.3, -0.25) is 14.3 Å². The number of fused-ring (bicyclic) bond motifs is 1. The second kappa shape index (κ2) is 9.94. The molecule has 1 aromatic carbocycles. The van der Waals surface area contributed by atoms with E-state index in [0.29, 0.717) is 40.7 Å². The topological polar surface area (TPSA) is 110 Å². The molecule has 5 rings (SSSR count). The maximum atomic E-state index is 13.1. The molecule has 9 nitrogen and oxygen atoms in total. The van der Waals surface area contributed by atoms with E-state index in [0.717, 1.165) is 30.6 Å². The van der Waals surface area contributed by atoms with Crippen LogP contribution < -0.4 is 15.1 Å². The van der Waals surface area contributed by atoms with Gasteiger partial charge in [0.25, 0.3) is 0 Å². The fraction of sp³-hybridized carbons (Fsp3) is 0.269. The number of benzene rings is 1. The Labute approximate surface area is 212 Å². The van der Waals surface area contributed by atoms with E-state index in [9.17, 15) is 14.7 Å². The van der Waals surface area contributed by atoms with Crippen LogP contribution in [0.4, 0.5) is 5.69 Å². The normalized spacial score (nSPS) is 15.4. The first-order valence-electron chi connectivity index (χ1n) is 11.7. The van der Waals surface area contributed by atoms with Crippen LogP contribution in [0.25, 0.3) is 16.7 Å². The Kier molecular flexibility index (Phi) is 6.56. The van der Waals surface area contributed by atoms with E-state index >= 15 is 0 Å². The quantitative estimate of drug-likeness (QED) is 0.399. The van der Waals surface area contributed by atoms with E-state index in [1.807, 2.05) is 13.0 Å². The highest BCUT2D eigenvalue weighted by Crippen LogP contribution is 2.33. The number of ether oxygens (including phenoxy) is 1. The van der Waals surface area contributed by atoms with Gasteiger partial charge in [0.15, 0.2) is 5.82 Å². The lowest BCUT2D eigenvalue weighted by molar-refractivity contribution is 0.0695. The lowest BCUT2D eigenvalue weighted by Crippen LogP contribution is -2.35. The first-order chi connectivity index (χ1) is 17.5. The molecule has 0 bridgehead atoms. The van der Waals surface area contributed by atoms with Crippen molar-refractivity contribution >= 4 is 34.2 Å². The average molecular weight is 506 g/mol. The second-order valence-corrected chi connectivity index (χ2v) is 8.96. The minimum absolute atomic E-state index is 0.0841. The van der Waals surface area contributed by atoms with E-state index in [2.05, 4.69) is 19.9 Å². The van der Waals surface area contributed by atoms with Gasteiger partial charge in [0.1, 0.15) is 17.2 Å². The molecular formula is C26H24ClN5O4. The largest absolute Gasteiger partial charge is 0.477 e. The lowest BCUT2D eigenvalue weighted by atomic mass is 10.0. The Balaban J connectivity index is 1.61. The van der Waals surface area contributed by atoms with Crippen LogP contribution in [0.5, 0.6) is 5.88 Å². The molecule has 10 heteroatoms. The maximum absolute atomic E-state index is 13.1. The number of hydrogen-bond acceptors (Lipinski definition) is 7. The number of pyridine rings is 2. The summed E-state index contributed by atoms with van der Waals surface area (Å²) in [5.41, 5.74) is 1.66. The van der Waals surface area contributed by atoms with Gasteiger partial charge < -0.3 is 14.7 Å². The van der Waals surface area contributed by atoms with Gasteiger partial charge in [0.2, 0.25) is 11.3 Å². The summed E-state index contributed by atoms with van der Waals surface area (Å²) in [6, 6.07) is 7.33. The number of aryl methyl sites for hydroxylation is 1. The van der Waals surface area contributed by atoms with Crippen molar-refractivity contribution in [1.82, 2.24) is 19.5 Å². The smallest absolute Gasteiger partial charge is 0.341 e. The molecule has 4 heterocycles. The van der Waals surface area contributed by atoms with Gasteiger partial charge in [-0.15, -0.1) is 0 Å². The van der Waals surface area contributed by atoms with E-state index in [1.165, 1.54) is 24.8 Å². The van der Waals surface area contributed by atoms with Gasteiger partial charge in [-0.25, -0.2) is 14.8 Å². The number of hydrogen-bond donors (Lipinski definition) is 1. The Bertz CT molecular complexity index is 1490. The second-order valence-electron chi connectivity index (χ2n) is 8.55. The molecule has 1 aliphatic heterocycles. The highest BCUT2D eigenvalue weighted by atomic mass is 35.5. The van der Waals surface area contributed by atoms with E-state index in [4.69, 9.17) is 16.3 Å². The van der Waals surface area contributed by atoms with Crippen molar-refractivity contribution in [2.75, 3.05) is 18.1 Å². The molecule has 0 aliphatic carbocycles. The Morgan fingerprint density at radius 3 is 2.83 bits per heavy atom. The van der Waals surface area contributed by atoms with Crippen molar-refractivity contribution < 1.29 is 14.6 Å². The fourth-order valence-electron chi connectivity index (χ4n) is 4.69. The maximum Gasteiger partial charge on any atom is 0.341 e. The number of aromatic carboxylic acids is 1. The first-order valence-corrected chi connectivity index (χ1v) is 12.1. The molecule has 4 aromatic rings. The van der Waals surface area contributed by atoms with Gasteiger partial charge in [0, 0.05) is 42.4 Å². The number of nitrogens with zero attached hydrogens (tertiary/aromatic N) is 5. The standard InChI is InChI=1S/C26H24ClN5O4/c1-2-16-11-18-22(32(23-13-28-8-9-29-23)14-19(24(18)33)26(34)35)12-21(16)31-10-4-5-17(31)15-36-25-20(27)6-3-7-30-25/h3,6-9,11-14,17H,2,4-5,10,15H2,1H3,(H,34,35)/t17-/m1/s1. The average Bonchev–Trinajstić information content (AvgIpc) is 3.36. The predicted octanol–water partition coefficient (Wildman–Crippen LogP) is 4.14. The van der Waals surface area contributed by atoms with E-state index in [-0.39, 0.29) is 11.6 Å². The molecule has 0 unspecified atom stereocenters. The molecule has 184 valence electrons. The van der Waals surface area contributed by atoms with Crippen molar-refractivity contribution in [3.63, 3.8) is 0 Å². The Morgan fingerprint density at radius 2 is 2.11 bits per heavy atom. The van der Waals surface area contributed by atoms with Crippen molar-refractivity contribution in [3.05, 3.63) is 81.6 Å². The number of carboxylic acids is 1. The SMILES string of the molecule is CCc1cc2c(=O)c(C(=O)O)cn(-c3cnccn3)c2cc1N1CCC[C@@H]1COc1ncccc1Cl. The van der Waals surface area contributed by atoms with Crippen LogP contribution in [0.1, 0.15) is 35.7 Å². The molecule has 0 saturated carbocycles. The summed E-state index contributed by atoms with van der Waals surface area (Å²) >= 11 is 6.22. The number of rotatable bonds is 7. The third kappa shape index (κ3) is 4.37. The summed E-state index contributed by atoms with van der Waals surface area (Å²) in [5.74, 6) is -0.462. The molecule has 3 aromatic heterocycles. The summed E-state index contributed by atoms with van der Waals surface area (Å²) in [6.45, 7) is 3.25. The van der Waals surface area contributed by atoms with Crippen molar-refractivity contribution in [2.45, 2.75) is 32.2 Å². The van der Waals surface area contributed by atoms with Crippen molar-refractivity contribution in [1.29, 1.82) is 0 Å². The first kappa shape index (κ1) is 23.7. The van der Waals surface area contributed by atoms with Crippen LogP contribution in [0, 0.1) is 0 Å². The van der Waals surface area contributed by atoms with Crippen molar-refractivity contribution in [3.8, 4) is 11.7 Å². The minimum atomic E-state index is -1.29. The number of carboxylic acid groups (broad SMARTS) is 1.